The minimum Gasteiger partial charge on any atom is -0.295 e. The third-order valence-electron chi connectivity index (χ3n) is 3.15. The van der Waals surface area contributed by atoms with Gasteiger partial charge in [-0.25, -0.2) is 0 Å². The summed E-state index contributed by atoms with van der Waals surface area (Å²) in [6.45, 7) is 4.66. The zero-order valence-electron chi connectivity index (χ0n) is 7.59. The lowest BCUT2D eigenvalue weighted by molar-refractivity contribution is 0.124. The van der Waals surface area contributed by atoms with Gasteiger partial charge < -0.3 is 0 Å². The van der Waals surface area contributed by atoms with E-state index >= 15 is 0 Å². The molecule has 0 aromatic rings. The summed E-state index contributed by atoms with van der Waals surface area (Å²) in [4.78, 5) is 2.72. The molecule has 1 radical (unpaired) electrons. The zero-order valence-corrected chi connectivity index (χ0v) is 7.59. The van der Waals surface area contributed by atoms with Crippen LogP contribution >= 0.6 is 0 Å². The van der Waals surface area contributed by atoms with Gasteiger partial charge in [-0.05, 0) is 46.0 Å². The van der Waals surface area contributed by atoms with Crippen LogP contribution in [0.5, 0.6) is 0 Å². The van der Waals surface area contributed by atoms with E-state index in [0.29, 0.717) is 0 Å². The van der Waals surface area contributed by atoms with Crippen molar-refractivity contribution in [1.82, 2.24) is 4.90 Å². The average Bonchev–Trinajstić information content (AvgIpc) is 2.23. The first-order valence-corrected chi connectivity index (χ1v) is 4.88. The van der Waals surface area contributed by atoms with E-state index in [1.807, 2.05) is 0 Å². The van der Waals surface area contributed by atoms with Crippen molar-refractivity contribution in [2.75, 3.05) is 0 Å². The molecule has 11 heavy (non-hydrogen) atoms. The third-order valence-corrected chi connectivity index (χ3v) is 3.15. The van der Waals surface area contributed by atoms with Gasteiger partial charge in [0.05, 0.1) is 0 Å². The highest BCUT2D eigenvalue weighted by molar-refractivity contribution is 4.99. The molecule has 2 bridgehead atoms. The first-order chi connectivity index (χ1) is 5.29. The molecule has 0 N–H and O–H groups in total. The van der Waals surface area contributed by atoms with E-state index in [0.717, 1.165) is 18.1 Å². The molecule has 2 heterocycles. The molecule has 1 heteroatoms. The van der Waals surface area contributed by atoms with Crippen molar-refractivity contribution in [1.29, 1.82) is 0 Å². The molecule has 0 aliphatic carbocycles. The zero-order chi connectivity index (χ0) is 7.84. The van der Waals surface area contributed by atoms with E-state index in [1.165, 1.54) is 25.7 Å². The summed E-state index contributed by atoms with van der Waals surface area (Å²) in [5, 5.41) is 0. The van der Waals surface area contributed by atoms with E-state index < -0.39 is 0 Å². The monoisotopic (exact) mass is 152 g/mol. The molecular weight excluding hydrogens is 134 g/mol. The Morgan fingerprint density at radius 3 is 2.09 bits per heavy atom. The summed E-state index contributed by atoms with van der Waals surface area (Å²) in [5.41, 5.74) is 0. The van der Waals surface area contributed by atoms with Gasteiger partial charge in [0.25, 0.3) is 0 Å². The summed E-state index contributed by atoms with van der Waals surface area (Å²) in [7, 11) is 0. The smallest absolute Gasteiger partial charge is 0.0104 e. The molecule has 2 aliphatic rings. The molecule has 2 unspecified atom stereocenters. The van der Waals surface area contributed by atoms with Crippen molar-refractivity contribution in [2.45, 2.75) is 57.7 Å². The predicted octanol–water partition coefficient (Wildman–Crippen LogP) is 2.23. The number of rotatable bonds is 1. The number of fused-ring (bicyclic) bond motifs is 2. The molecule has 2 atom stereocenters. The maximum Gasteiger partial charge on any atom is 0.0104 e. The lowest BCUT2D eigenvalue weighted by Crippen LogP contribution is -2.44. The minimum absolute atomic E-state index is 0.765. The topological polar surface area (TPSA) is 3.24 Å². The van der Waals surface area contributed by atoms with Crippen molar-refractivity contribution in [2.24, 2.45) is 0 Å². The highest BCUT2D eigenvalue weighted by atomic mass is 15.2. The van der Waals surface area contributed by atoms with Crippen LogP contribution in [0.25, 0.3) is 0 Å². The number of nitrogens with zero attached hydrogens (tertiary/aromatic N) is 1. The maximum atomic E-state index is 2.72. The highest BCUT2D eigenvalue weighted by Gasteiger charge is 2.37. The van der Waals surface area contributed by atoms with Crippen molar-refractivity contribution in [3.8, 4) is 0 Å². The van der Waals surface area contributed by atoms with E-state index in [2.05, 4.69) is 25.2 Å². The first-order valence-electron chi connectivity index (χ1n) is 4.88. The van der Waals surface area contributed by atoms with Crippen LogP contribution in [0.4, 0.5) is 0 Å². The maximum absolute atomic E-state index is 2.72. The summed E-state index contributed by atoms with van der Waals surface area (Å²) < 4.78 is 0. The molecule has 63 valence electrons. The van der Waals surface area contributed by atoms with Crippen LogP contribution in [0.3, 0.4) is 0 Å². The van der Waals surface area contributed by atoms with Gasteiger partial charge in [0, 0.05) is 18.1 Å². The second kappa shape index (κ2) is 2.78. The lowest BCUT2D eigenvalue weighted by Gasteiger charge is -2.37. The normalized spacial score (nSPS) is 38.5. The molecule has 0 aromatic carbocycles. The Hall–Kier alpha value is -0.0400. The largest absolute Gasteiger partial charge is 0.295 e. The number of piperidine rings is 1. The summed E-state index contributed by atoms with van der Waals surface area (Å²) in [6, 6.07) is 2.56. The molecular formula is C10H18N. The fourth-order valence-corrected chi connectivity index (χ4v) is 2.78. The van der Waals surface area contributed by atoms with Crippen molar-refractivity contribution < 1.29 is 0 Å². The average molecular weight is 152 g/mol. The second-order valence-electron chi connectivity index (χ2n) is 4.19. The Labute approximate surface area is 69.8 Å². The summed E-state index contributed by atoms with van der Waals surface area (Å²) in [5.74, 6) is 0. The first kappa shape index (κ1) is 7.60. The summed E-state index contributed by atoms with van der Waals surface area (Å²) in [6.07, 6.45) is 8.06. The van der Waals surface area contributed by atoms with Gasteiger partial charge in [0.1, 0.15) is 0 Å². The van der Waals surface area contributed by atoms with Gasteiger partial charge >= 0.3 is 0 Å². The van der Waals surface area contributed by atoms with Crippen LogP contribution in [0.1, 0.15) is 39.5 Å². The fraction of sp³-hybridized carbons (Fsp3) is 0.900. The summed E-state index contributed by atoms with van der Waals surface area (Å²) >= 11 is 0. The van der Waals surface area contributed by atoms with Gasteiger partial charge in [-0.3, -0.25) is 4.90 Å². The lowest BCUT2D eigenvalue weighted by atomic mass is 10.0. The van der Waals surface area contributed by atoms with Crippen molar-refractivity contribution in [3.05, 3.63) is 6.42 Å². The van der Waals surface area contributed by atoms with Crippen LogP contribution in [0.2, 0.25) is 0 Å². The third kappa shape index (κ3) is 1.20. The SMILES string of the molecule is CC(C)N1C2C[CH]CC1CC2. The van der Waals surface area contributed by atoms with Gasteiger partial charge in [-0.1, -0.05) is 0 Å². The highest BCUT2D eigenvalue weighted by Crippen LogP contribution is 2.36. The van der Waals surface area contributed by atoms with Crippen LogP contribution < -0.4 is 0 Å². The van der Waals surface area contributed by atoms with Gasteiger partial charge in [0.15, 0.2) is 0 Å². The second-order valence-corrected chi connectivity index (χ2v) is 4.19. The van der Waals surface area contributed by atoms with E-state index in [-0.39, 0.29) is 0 Å². The molecule has 2 fully saturated rings. The van der Waals surface area contributed by atoms with Crippen LogP contribution in [-0.4, -0.2) is 23.0 Å². The molecule has 0 spiro atoms. The van der Waals surface area contributed by atoms with Crippen molar-refractivity contribution in [3.63, 3.8) is 0 Å². The molecule has 0 saturated carbocycles. The molecule has 2 rings (SSSR count). The molecule has 2 aliphatic heterocycles. The van der Waals surface area contributed by atoms with Crippen LogP contribution in [0.15, 0.2) is 0 Å². The Morgan fingerprint density at radius 1 is 1.18 bits per heavy atom. The van der Waals surface area contributed by atoms with Crippen LogP contribution in [0, 0.1) is 6.42 Å². The molecule has 1 nitrogen and oxygen atoms in total. The quantitative estimate of drug-likeness (QED) is 0.557. The minimum atomic E-state index is 0.765. The fourth-order valence-electron chi connectivity index (χ4n) is 2.78. The standard InChI is InChI=1S/C10H18N/c1-8(2)11-9-4-3-5-10(11)7-6-9/h3,8-10H,4-7H2,1-2H3. The van der Waals surface area contributed by atoms with Gasteiger partial charge in [-0.15, -0.1) is 0 Å². The van der Waals surface area contributed by atoms with Crippen LogP contribution in [-0.2, 0) is 0 Å². The van der Waals surface area contributed by atoms with E-state index in [1.54, 1.807) is 0 Å². The van der Waals surface area contributed by atoms with Gasteiger partial charge in [0.2, 0.25) is 0 Å². The van der Waals surface area contributed by atoms with Crippen molar-refractivity contribution >= 4 is 0 Å². The number of hydrogen-bond acceptors (Lipinski definition) is 1. The predicted molar refractivity (Wildman–Crippen MR) is 47.3 cm³/mol. The van der Waals surface area contributed by atoms with Gasteiger partial charge in [-0.2, -0.15) is 0 Å². The Kier molecular flexibility index (Phi) is 1.92. The number of hydrogen-bond donors (Lipinski definition) is 0. The Balaban J connectivity index is 2.09. The Bertz CT molecular complexity index is 126. The molecule has 2 saturated heterocycles. The van der Waals surface area contributed by atoms with E-state index in [9.17, 15) is 0 Å². The Morgan fingerprint density at radius 2 is 1.73 bits per heavy atom. The van der Waals surface area contributed by atoms with E-state index in [4.69, 9.17) is 0 Å². The molecule has 0 amide bonds. The molecule has 0 aromatic heterocycles.